The number of urea groups is 1. The molecule has 44 heavy (non-hydrogen) atoms. The molecule has 1 heterocycles. The average molecular weight is 616 g/mol. The zero-order chi connectivity index (χ0) is 32.2. The molecule has 11 nitrogen and oxygen atoms in total. The van der Waals surface area contributed by atoms with Crippen LogP contribution < -0.4 is 21.7 Å². The predicted molar refractivity (Wildman–Crippen MR) is 164 cm³/mol. The SMILES string of the molecule is CC(C)(C)[C@H](NC(=O)N[C@H]1CC[C@H](O)CC1)C(=O)N1C[C@]2(C[C@H]1C(=O)NC(CC1CCC1)C(=O)C(N)=O)C(C)(C)C21CCC1. The first kappa shape index (κ1) is 32.7. The second kappa shape index (κ2) is 11.6. The van der Waals surface area contributed by atoms with E-state index in [0.29, 0.717) is 45.1 Å². The van der Waals surface area contributed by atoms with Gasteiger partial charge in [-0.1, -0.05) is 60.3 Å². The molecular weight excluding hydrogens is 562 g/mol. The van der Waals surface area contributed by atoms with E-state index in [1.807, 2.05) is 20.8 Å². The van der Waals surface area contributed by atoms with Crippen LogP contribution in [-0.2, 0) is 19.2 Å². The van der Waals surface area contributed by atoms with Crippen LogP contribution in [0.1, 0.15) is 112 Å². The highest BCUT2D eigenvalue weighted by molar-refractivity contribution is 6.37. The normalized spacial score (nSPS) is 31.8. The van der Waals surface area contributed by atoms with Gasteiger partial charge < -0.3 is 31.7 Å². The summed E-state index contributed by atoms with van der Waals surface area (Å²) < 4.78 is 0. The lowest BCUT2D eigenvalue weighted by molar-refractivity contribution is -0.143. The third-order valence-electron chi connectivity index (χ3n) is 12.5. The number of ketones is 1. The molecule has 0 radical (unpaired) electrons. The van der Waals surface area contributed by atoms with Crippen LogP contribution in [0.2, 0.25) is 0 Å². The van der Waals surface area contributed by atoms with Gasteiger partial charge >= 0.3 is 6.03 Å². The smallest absolute Gasteiger partial charge is 0.315 e. The van der Waals surface area contributed by atoms with Gasteiger partial charge in [-0.2, -0.15) is 0 Å². The fourth-order valence-corrected chi connectivity index (χ4v) is 9.19. The summed E-state index contributed by atoms with van der Waals surface area (Å²) in [5.74, 6) is -2.39. The van der Waals surface area contributed by atoms with E-state index in [4.69, 9.17) is 5.73 Å². The van der Waals surface area contributed by atoms with Crippen molar-refractivity contribution in [2.75, 3.05) is 6.54 Å². The van der Waals surface area contributed by atoms with Gasteiger partial charge in [-0.15, -0.1) is 0 Å². The van der Waals surface area contributed by atoms with Gasteiger partial charge in [-0.25, -0.2) is 4.79 Å². The van der Waals surface area contributed by atoms with Crippen LogP contribution in [-0.4, -0.2) is 76.4 Å². The monoisotopic (exact) mass is 615 g/mol. The topological polar surface area (TPSA) is 171 Å². The number of amides is 5. The third-order valence-corrected chi connectivity index (χ3v) is 12.5. The minimum atomic E-state index is -1.07. The molecule has 4 aliphatic carbocycles. The predicted octanol–water partition coefficient (Wildman–Crippen LogP) is 2.53. The summed E-state index contributed by atoms with van der Waals surface area (Å²) in [7, 11) is 0. The summed E-state index contributed by atoms with van der Waals surface area (Å²) >= 11 is 0. The van der Waals surface area contributed by atoms with Gasteiger partial charge in [-0.05, 0) is 73.5 Å². The highest BCUT2D eigenvalue weighted by Gasteiger charge is 2.85. The number of nitrogens with one attached hydrogen (secondary N) is 3. The van der Waals surface area contributed by atoms with Gasteiger partial charge in [0.2, 0.25) is 17.6 Å². The van der Waals surface area contributed by atoms with Crippen molar-refractivity contribution in [1.82, 2.24) is 20.9 Å². The molecule has 0 bridgehead atoms. The van der Waals surface area contributed by atoms with Crippen molar-refractivity contribution in [3.05, 3.63) is 0 Å². The first-order valence-electron chi connectivity index (χ1n) is 16.7. The second-order valence-electron chi connectivity index (χ2n) is 16.1. The number of Topliss-reactive ketones (excluding diaryl/α,β-unsaturated/α-hetero) is 1. The lowest BCUT2D eigenvalue weighted by atomic mass is 9.73. The summed E-state index contributed by atoms with van der Waals surface area (Å²) in [6, 6.07) is -3.27. The molecule has 5 amide bonds. The maximum absolute atomic E-state index is 14.5. The molecule has 5 rings (SSSR count). The van der Waals surface area contributed by atoms with E-state index in [0.717, 1.165) is 38.5 Å². The summed E-state index contributed by atoms with van der Waals surface area (Å²) in [6.45, 7) is 10.6. The Hall–Kier alpha value is -2.69. The minimum Gasteiger partial charge on any atom is -0.393 e. The largest absolute Gasteiger partial charge is 0.393 e. The lowest BCUT2D eigenvalue weighted by Crippen LogP contribution is -2.60. The van der Waals surface area contributed by atoms with E-state index in [1.54, 1.807) is 4.90 Å². The number of likely N-dealkylation sites (tertiary alicyclic amines) is 1. The number of nitrogens with zero attached hydrogens (tertiary/aromatic N) is 1. The number of carbonyl (C=O) groups is 5. The van der Waals surface area contributed by atoms with Gasteiger partial charge in [0.25, 0.3) is 5.91 Å². The number of hydrogen-bond acceptors (Lipinski definition) is 6. The van der Waals surface area contributed by atoms with E-state index >= 15 is 0 Å². The quantitative estimate of drug-likeness (QED) is 0.250. The van der Waals surface area contributed by atoms with Crippen molar-refractivity contribution in [2.24, 2.45) is 33.3 Å². The van der Waals surface area contributed by atoms with Crippen molar-refractivity contribution >= 4 is 29.5 Å². The number of aliphatic hydroxyl groups excluding tert-OH is 1. The Labute approximate surface area is 261 Å². The van der Waals surface area contributed by atoms with Gasteiger partial charge in [0.05, 0.1) is 12.1 Å². The minimum absolute atomic E-state index is 0.0617. The maximum atomic E-state index is 14.5. The van der Waals surface area contributed by atoms with E-state index in [-0.39, 0.29) is 40.2 Å². The molecule has 11 heteroatoms. The van der Waals surface area contributed by atoms with Crippen molar-refractivity contribution in [2.45, 2.75) is 142 Å². The van der Waals surface area contributed by atoms with Crippen LogP contribution in [0.5, 0.6) is 0 Å². The Morgan fingerprint density at radius 1 is 0.932 bits per heavy atom. The lowest BCUT2D eigenvalue weighted by Gasteiger charge is -2.36. The van der Waals surface area contributed by atoms with E-state index in [1.165, 1.54) is 0 Å². The number of carbonyl (C=O) groups excluding carboxylic acids is 5. The van der Waals surface area contributed by atoms with Crippen molar-refractivity contribution in [1.29, 1.82) is 0 Å². The average Bonchev–Trinajstić information content (AvgIpc) is 3.12. The summed E-state index contributed by atoms with van der Waals surface area (Å²) in [6.07, 6.45) is 9.24. The Morgan fingerprint density at radius 3 is 2.05 bits per heavy atom. The molecule has 5 aliphatic rings. The van der Waals surface area contributed by atoms with Gasteiger partial charge in [-0.3, -0.25) is 19.2 Å². The highest BCUT2D eigenvalue weighted by Crippen LogP contribution is 2.88. The first-order chi connectivity index (χ1) is 20.5. The molecule has 246 valence electrons. The van der Waals surface area contributed by atoms with Crippen LogP contribution in [0.4, 0.5) is 4.79 Å². The Kier molecular flexibility index (Phi) is 8.61. The molecule has 2 spiro atoms. The molecule has 4 saturated carbocycles. The van der Waals surface area contributed by atoms with E-state index in [2.05, 4.69) is 29.8 Å². The van der Waals surface area contributed by atoms with Crippen molar-refractivity contribution in [3.63, 3.8) is 0 Å². The number of primary amides is 1. The van der Waals surface area contributed by atoms with Gasteiger partial charge in [0.15, 0.2) is 0 Å². The zero-order valence-electron chi connectivity index (χ0n) is 27.2. The highest BCUT2D eigenvalue weighted by atomic mass is 16.3. The maximum Gasteiger partial charge on any atom is 0.315 e. The summed E-state index contributed by atoms with van der Waals surface area (Å²) in [5, 5.41) is 18.6. The van der Waals surface area contributed by atoms with Crippen LogP contribution in [0.3, 0.4) is 0 Å². The molecule has 4 atom stereocenters. The second-order valence-corrected chi connectivity index (χ2v) is 16.1. The van der Waals surface area contributed by atoms with Gasteiger partial charge in [0.1, 0.15) is 12.1 Å². The summed E-state index contributed by atoms with van der Waals surface area (Å²) in [4.78, 5) is 68.1. The van der Waals surface area contributed by atoms with Gasteiger partial charge in [0, 0.05) is 18.0 Å². The fourth-order valence-electron chi connectivity index (χ4n) is 9.19. The van der Waals surface area contributed by atoms with Crippen LogP contribution in [0.15, 0.2) is 0 Å². The van der Waals surface area contributed by atoms with Crippen molar-refractivity contribution in [3.8, 4) is 0 Å². The fraction of sp³-hybridized carbons (Fsp3) is 0.848. The molecule has 1 saturated heterocycles. The standard InChI is InChI=1S/C33H53N5O6/c1-30(2,3)25(37-29(44)35-20-10-12-21(39)13-11-20)28(43)38-18-33(31(4,5)32(33)14-7-15-32)17-23(38)27(42)36-22(24(40)26(34)41)16-19-8-6-9-19/h19-23,25,39H,6-18H2,1-5H3,(H2,34,41)(H,36,42)(H2,35,37,44)/t20-,21-,22?,23-,25+,33+/m0/s1. The number of hydrogen-bond donors (Lipinski definition) is 5. The third kappa shape index (κ3) is 5.51. The van der Waals surface area contributed by atoms with E-state index in [9.17, 15) is 29.1 Å². The molecule has 0 aromatic carbocycles. The summed E-state index contributed by atoms with van der Waals surface area (Å²) in [5.41, 5.74) is 4.48. The number of rotatable bonds is 9. The number of fused-ring (bicyclic) bond motifs is 1. The number of nitrogens with two attached hydrogens (primary N) is 1. The first-order valence-corrected chi connectivity index (χ1v) is 16.7. The van der Waals surface area contributed by atoms with E-state index < -0.39 is 47.2 Å². The molecule has 6 N–H and O–H groups in total. The Bertz CT molecular complexity index is 1180. The molecule has 0 aromatic rings. The van der Waals surface area contributed by atoms with Crippen LogP contribution in [0, 0.1) is 27.6 Å². The zero-order valence-corrected chi connectivity index (χ0v) is 27.2. The molecule has 1 unspecified atom stereocenters. The Balaban J connectivity index is 1.38. The Morgan fingerprint density at radius 2 is 1.57 bits per heavy atom. The van der Waals surface area contributed by atoms with Crippen molar-refractivity contribution < 1.29 is 29.1 Å². The molecule has 1 aliphatic heterocycles. The molecule has 0 aromatic heterocycles. The molecule has 5 fully saturated rings. The molecular formula is C33H53N5O6. The number of aliphatic hydroxyl groups is 1. The van der Waals surface area contributed by atoms with Crippen LogP contribution >= 0.6 is 0 Å². The van der Waals surface area contributed by atoms with Crippen LogP contribution in [0.25, 0.3) is 0 Å².